The lowest BCUT2D eigenvalue weighted by Crippen LogP contribution is -2.11. The summed E-state index contributed by atoms with van der Waals surface area (Å²) in [5.74, 6) is 1.05. The zero-order valence-electron chi connectivity index (χ0n) is 13.3. The summed E-state index contributed by atoms with van der Waals surface area (Å²) in [5.41, 5.74) is 2.41. The lowest BCUT2D eigenvalue weighted by Gasteiger charge is -2.18. The zero-order chi connectivity index (χ0) is 16.4. The van der Waals surface area contributed by atoms with Crippen LogP contribution in [0, 0.1) is 0 Å². The van der Waals surface area contributed by atoms with Crippen molar-refractivity contribution in [3.63, 3.8) is 0 Å². The molecule has 0 saturated carbocycles. The van der Waals surface area contributed by atoms with Gasteiger partial charge in [-0.1, -0.05) is 19.9 Å². The van der Waals surface area contributed by atoms with Gasteiger partial charge in [-0.3, -0.25) is 4.79 Å². The second-order valence-corrected chi connectivity index (χ2v) is 6.98. The molecule has 23 heavy (non-hydrogen) atoms. The maximum Gasteiger partial charge on any atom is 0.252 e. The fourth-order valence-electron chi connectivity index (χ4n) is 3.03. The highest BCUT2D eigenvalue weighted by atomic mass is 35.5. The Bertz CT molecular complexity index is 819. The summed E-state index contributed by atoms with van der Waals surface area (Å²) >= 11 is 7.35. The number of thiophene rings is 1. The first-order valence-electron chi connectivity index (χ1n) is 7.87. The topological polar surface area (TPSA) is 34.9 Å². The summed E-state index contributed by atoms with van der Waals surface area (Å²) in [5, 5.41) is 1.65. The van der Waals surface area contributed by atoms with Crippen LogP contribution in [-0.4, -0.2) is 14.8 Å². The van der Waals surface area contributed by atoms with Gasteiger partial charge in [0.05, 0.1) is 11.0 Å². The third-order valence-corrected chi connectivity index (χ3v) is 5.30. The van der Waals surface area contributed by atoms with Crippen molar-refractivity contribution < 1.29 is 4.79 Å². The van der Waals surface area contributed by atoms with Gasteiger partial charge in [-0.2, -0.15) is 0 Å². The number of aromatic nitrogens is 2. The molecule has 2 aromatic heterocycles. The van der Waals surface area contributed by atoms with E-state index < -0.39 is 5.24 Å². The van der Waals surface area contributed by atoms with E-state index in [9.17, 15) is 4.79 Å². The van der Waals surface area contributed by atoms with E-state index in [4.69, 9.17) is 16.6 Å². The van der Waals surface area contributed by atoms with E-state index in [1.807, 2.05) is 6.07 Å². The molecule has 0 aliphatic rings. The van der Waals surface area contributed by atoms with Gasteiger partial charge in [-0.25, -0.2) is 4.98 Å². The Morgan fingerprint density at radius 3 is 2.70 bits per heavy atom. The molecular weight excluding hydrogens is 328 g/mol. The van der Waals surface area contributed by atoms with Crippen LogP contribution in [0.5, 0.6) is 0 Å². The quantitative estimate of drug-likeness (QED) is 0.558. The fraction of sp³-hybridized carbons (Fsp3) is 0.333. The van der Waals surface area contributed by atoms with E-state index >= 15 is 0 Å². The molecule has 120 valence electrons. The molecular formula is C18H19ClN2OS. The third kappa shape index (κ3) is 3.19. The molecule has 3 aromatic rings. The number of nitrogens with zero attached hydrogens (tertiary/aromatic N) is 2. The van der Waals surface area contributed by atoms with Crippen molar-refractivity contribution in [2.75, 3.05) is 0 Å². The minimum atomic E-state index is -0.441. The predicted molar refractivity (Wildman–Crippen MR) is 96.7 cm³/mol. The molecule has 1 aromatic carbocycles. The summed E-state index contributed by atoms with van der Waals surface area (Å²) in [7, 11) is 0. The molecule has 0 saturated heterocycles. The highest BCUT2D eigenvalue weighted by Crippen LogP contribution is 2.28. The van der Waals surface area contributed by atoms with Crippen LogP contribution in [0.2, 0.25) is 0 Å². The van der Waals surface area contributed by atoms with Crippen molar-refractivity contribution >= 4 is 39.2 Å². The lowest BCUT2D eigenvalue weighted by atomic mass is 10.1. The molecule has 0 amide bonds. The number of hydrogen-bond donors (Lipinski definition) is 0. The highest BCUT2D eigenvalue weighted by molar-refractivity contribution is 7.09. The number of rotatable bonds is 6. The van der Waals surface area contributed by atoms with Crippen LogP contribution in [0.1, 0.15) is 53.8 Å². The van der Waals surface area contributed by atoms with E-state index in [0.717, 1.165) is 36.1 Å². The number of benzene rings is 1. The molecule has 0 bridgehead atoms. The van der Waals surface area contributed by atoms with Gasteiger partial charge in [-0.05, 0) is 54.1 Å². The Kier molecular flexibility index (Phi) is 4.83. The number of halogens is 1. The maximum atomic E-state index is 11.4. The number of carbonyl (C=O) groups excluding carboxylic acids is 1. The number of hydrogen-bond acceptors (Lipinski definition) is 3. The van der Waals surface area contributed by atoms with Crippen LogP contribution < -0.4 is 0 Å². The van der Waals surface area contributed by atoms with Gasteiger partial charge in [0.2, 0.25) is 0 Å². The third-order valence-electron chi connectivity index (χ3n) is 4.21. The van der Waals surface area contributed by atoms with Crippen molar-refractivity contribution in [2.24, 2.45) is 0 Å². The van der Waals surface area contributed by atoms with Crippen molar-refractivity contribution in [3.8, 4) is 0 Å². The van der Waals surface area contributed by atoms with Gasteiger partial charge in [0, 0.05) is 22.9 Å². The summed E-state index contributed by atoms with van der Waals surface area (Å²) in [4.78, 5) is 17.5. The molecule has 0 radical (unpaired) electrons. The van der Waals surface area contributed by atoms with Crippen molar-refractivity contribution in [2.45, 2.75) is 39.2 Å². The van der Waals surface area contributed by atoms with Crippen LogP contribution >= 0.6 is 22.9 Å². The van der Waals surface area contributed by atoms with E-state index in [0.29, 0.717) is 11.6 Å². The van der Waals surface area contributed by atoms with Gasteiger partial charge < -0.3 is 4.57 Å². The average molecular weight is 347 g/mol. The van der Waals surface area contributed by atoms with Gasteiger partial charge in [0.25, 0.3) is 5.24 Å². The molecule has 0 unspecified atom stereocenters. The van der Waals surface area contributed by atoms with E-state index in [2.05, 4.69) is 35.9 Å². The number of imidazole rings is 1. The Hall–Kier alpha value is -1.65. The van der Waals surface area contributed by atoms with Crippen LogP contribution in [-0.2, 0) is 6.42 Å². The lowest BCUT2D eigenvalue weighted by molar-refractivity contribution is 0.108. The average Bonchev–Trinajstić information content (AvgIpc) is 3.16. The maximum absolute atomic E-state index is 11.4. The molecule has 0 fully saturated rings. The molecule has 2 heterocycles. The predicted octanol–water partition coefficient (Wildman–Crippen LogP) is 5.43. The van der Waals surface area contributed by atoms with E-state index in [1.54, 1.807) is 23.5 Å². The standard InChI is InChI=1S/C18H19ClN2OS/c1-3-13(4-2)21-16-8-7-12(18(19)22)10-15(16)20-17(21)11-14-6-5-9-23-14/h5-10,13H,3-4,11H2,1-2H3. The first-order valence-corrected chi connectivity index (χ1v) is 9.12. The first-order chi connectivity index (χ1) is 11.1. The molecule has 3 nitrogen and oxygen atoms in total. The van der Waals surface area contributed by atoms with Crippen LogP contribution in [0.3, 0.4) is 0 Å². The highest BCUT2D eigenvalue weighted by Gasteiger charge is 2.18. The Balaban J connectivity index is 2.15. The van der Waals surface area contributed by atoms with Crippen molar-refractivity contribution in [1.29, 1.82) is 0 Å². The SMILES string of the molecule is CCC(CC)n1c(Cc2cccs2)nc2cc(C(=O)Cl)ccc21. The summed E-state index contributed by atoms with van der Waals surface area (Å²) in [6.45, 7) is 4.40. The minimum Gasteiger partial charge on any atom is -0.325 e. The summed E-state index contributed by atoms with van der Waals surface area (Å²) in [6.07, 6.45) is 2.91. The summed E-state index contributed by atoms with van der Waals surface area (Å²) in [6, 6.07) is 10.2. The van der Waals surface area contributed by atoms with E-state index in [1.165, 1.54) is 4.88 Å². The molecule has 0 aliphatic heterocycles. The van der Waals surface area contributed by atoms with Gasteiger partial charge in [-0.15, -0.1) is 11.3 Å². The molecule has 5 heteroatoms. The smallest absolute Gasteiger partial charge is 0.252 e. The van der Waals surface area contributed by atoms with Crippen molar-refractivity contribution in [1.82, 2.24) is 9.55 Å². The molecule has 0 spiro atoms. The van der Waals surface area contributed by atoms with Crippen LogP contribution in [0.4, 0.5) is 0 Å². The summed E-state index contributed by atoms with van der Waals surface area (Å²) < 4.78 is 2.33. The molecule has 0 aliphatic carbocycles. The first kappa shape index (κ1) is 16.2. The van der Waals surface area contributed by atoms with E-state index in [-0.39, 0.29) is 0 Å². The Morgan fingerprint density at radius 2 is 2.09 bits per heavy atom. The van der Waals surface area contributed by atoms with Gasteiger partial charge >= 0.3 is 0 Å². The van der Waals surface area contributed by atoms with Crippen LogP contribution in [0.25, 0.3) is 11.0 Å². The Morgan fingerprint density at radius 1 is 1.30 bits per heavy atom. The second-order valence-electron chi connectivity index (χ2n) is 5.60. The molecule has 3 rings (SSSR count). The van der Waals surface area contributed by atoms with Crippen LogP contribution in [0.15, 0.2) is 35.7 Å². The zero-order valence-corrected chi connectivity index (χ0v) is 14.8. The van der Waals surface area contributed by atoms with Crippen molar-refractivity contribution in [3.05, 3.63) is 52.0 Å². The molecule has 0 N–H and O–H groups in total. The van der Waals surface area contributed by atoms with Gasteiger partial charge in [0.1, 0.15) is 5.82 Å². The normalized spacial score (nSPS) is 11.5. The minimum absolute atomic E-state index is 0.410. The monoisotopic (exact) mass is 346 g/mol. The molecule has 0 atom stereocenters. The fourth-order valence-corrected chi connectivity index (χ4v) is 3.84. The number of fused-ring (bicyclic) bond motifs is 1. The number of carbonyl (C=O) groups is 1. The van der Waals surface area contributed by atoms with Gasteiger partial charge in [0.15, 0.2) is 0 Å². The Labute approximate surface area is 144 Å². The largest absolute Gasteiger partial charge is 0.325 e. The second kappa shape index (κ2) is 6.85.